The molecular formula is C22H26N2O2S. The highest BCUT2D eigenvalue weighted by molar-refractivity contribution is 7.12. The number of carbonyl (C=O) groups excluding carboxylic acids is 1. The number of benzene rings is 1. The summed E-state index contributed by atoms with van der Waals surface area (Å²) in [6.45, 7) is 3.98. The second-order valence-electron chi connectivity index (χ2n) is 6.55. The monoisotopic (exact) mass is 382 g/mol. The Kier molecular flexibility index (Phi) is 6.82. The number of unbranched alkanes of at least 4 members (excludes halogenated alkanes) is 3. The molecule has 3 aromatic rings. The summed E-state index contributed by atoms with van der Waals surface area (Å²) < 4.78 is 2.19. The maximum absolute atomic E-state index is 11.6. The highest BCUT2D eigenvalue weighted by Gasteiger charge is 2.16. The quantitative estimate of drug-likeness (QED) is 0.188. The molecule has 142 valence electrons. The van der Waals surface area contributed by atoms with Crippen molar-refractivity contribution in [2.45, 2.75) is 52.4 Å². The van der Waals surface area contributed by atoms with Crippen molar-refractivity contribution in [3.63, 3.8) is 0 Å². The molecule has 0 aliphatic heterocycles. The van der Waals surface area contributed by atoms with Crippen LogP contribution in [0.15, 0.2) is 53.1 Å². The van der Waals surface area contributed by atoms with Crippen molar-refractivity contribution in [2.75, 3.05) is 0 Å². The number of para-hydroxylation sites is 1. The van der Waals surface area contributed by atoms with Crippen molar-refractivity contribution in [2.24, 2.45) is 5.16 Å². The largest absolute Gasteiger partial charge is 0.334 e. The van der Waals surface area contributed by atoms with Crippen LogP contribution in [0, 0.1) is 0 Å². The van der Waals surface area contributed by atoms with Crippen LogP contribution in [-0.2, 0) is 9.63 Å². The molecule has 0 N–H and O–H groups in total. The molecule has 0 aliphatic rings. The van der Waals surface area contributed by atoms with Gasteiger partial charge in [0, 0.05) is 23.6 Å². The van der Waals surface area contributed by atoms with E-state index in [2.05, 4.69) is 52.5 Å². The second kappa shape index (κ2) is 9.51. The lowest BCUT2D eigenvalue weighted by molar-refractivity contribution is -0.143. The summed E-state index contributed by atoms with van der Waals surface area (Å²) >= 11 is 1.70. The maximum Gasteiger partial charge on any atom is 0.334 e. The zero-order chi connectivity index (χ0) is 19.1. The Labute approximate surface area is 164 Å². The predicted molar refractivity (Wildman–Crippen MR) is 113 cm³/mol. The smallest absolute Gasteiger partial charge is 0.318 e. The highest BCUT2D eigenvalue weighted by atomic mass is 32.1. The third kappa shape index (κ3) is 4.66. The van der Waals surface area contributed by atoms with Gasteiger partial charge in [-0.15, -0.1) is 11.3 Å². The Balaban J connectivity index is 2.00. The summed E-state index contributed by atoms with van der Waals surface area (Å²) in [5.41, 5.74) is 3.02. The third-order valence-electron chi connectivity index (χ3n) is 4.58. The minimum absolute atomic E-state index is 0.303. The van der Waals surface area contributed by atoms with Gasteiger partial charge in [-0.25, -0.2) is 4.79 Å². The van der Waals surface area contributed by atoms with Crippen LogP contribution in [0.5, 0.6) is 0 Å². The van der Waals surface area contributed by atoms with E-state index in [1.165, 1.54) is 12.8 Å². The molecule has 0 unspecified atom stereocenters. The number of hydrogen-bond acceptors (Lipinski definition) is 4. The van der Waals surface area contributed by atoms with Crippen molar-refractivity contribution < 1.29 is 9.63 Å². The van der Waals surface area contributed by atoms with Gasteiger partial charge in [-0.05, 0) is 36.4 Å². The molecule has 0 saturated carbocycles. The zero-order valence-electron chi connectivity index (χ0n) is 16.0. The van der Waals surface area contributed by atoms with Crippen LogP contribution in [0.25, 0.3) is 15.9 Å². The topological polar surface area (TPSA) is 43.6 Å². The summed E-state index contributed by atoms with van der Waals surface area (Å²) in [4.78, 5) is 16.8. The molecule has 0 spiro atoms. The van der Waals surface area contributed by atoms with Crippen LogP contribution in [-0.4, -0.2) is 16.2 Å². The van der Waals surface area contributed by atoms with E-state index in [-0.39, 0.29) is 5.97 Å². The van der Waals surface area contributed by atoms with Crippen molar-refractivity contribution in [1.82, 2.24) is 4.57 Å². The number of hydrogen-bond donors (Lipinski definition) is 0. The van der Waals surface area contributed by atoms with Gasteiger partial charge in [-0.3, -0.25) is 0 Å². The summed E-state index contributed by atoms with van der Waals surface area (Å²) in [6, 6.07) is 12.5. The molecule has 0 radical (unpaired) electrons. The average molecular weight is 383 g/mol. The Morgan fingerprint density at radius 3 is 2.70 bits per heavy atom. The molecule has 5 heteroatoms. The molecule has 0 bridgehead atoms. The van der Waals surface area contributed by atoms with Crippen LogP contribution >= 0.6 is 11.3 Å². The highest BCUT2D eigenvalue weighted by Crippen LogP contribution is 2.28. The fourth-order valence-corrected chi connectivity index (χ4v) is 3.84. The van der Waals surface area contributed by atoms with E-state index in [9.17, 15) is 4.79 Å². The molecule has 0 amide bonds. The van der Waals surface area contributed by atoms with Gasteiger partial charge >= 0.3 is 5.97 Å². The first-order valence-electron chi connectivity index (χ1n) is 9.65. The van der Waals surface area contributed by atoms with Gasteiger partial charge in [0.1, 0.15) is 0 Å². The molecule has 2 heterocycles. The fraction of sp³-hybridized carbons (Fsp3) is 0.364. The van der Waals surface area contributed by atoms with E-state index < -0.39 is 0 Å². The zero-order valence-corrected chi connectivity index (χ0v) is 16.8. The van der Waals surface area contributed by atoms with Gasteiger partial charge in [-0.1, -0.05) is 56.5 Å². The van der Waals surface area contributed by atoms with E-state index in [1.807, 2.05) is 12.1 Å². The number of nitrogens with zero attached hydrogens (tertiary/aromatic N) is 2. The lowest BCUT2D eigenvalue weighted by atomic mass is 10.0. The summed E-state index contributed by atoms with van der Waals surface area (Å²) in [6.07, 6.45) is 7.83. The molecule has 0 aliphatic carbocycles. The SMILES string of the molecule is CCCCCC/C(=N\OC(=O)CC)c1cn(-c2cccs2)c2ccccc12. The van der Waals surface area contributed by atoms with E-state index in [0.717, 1.165) is 46.4 Å². The van der Waals surface area contributed by atoms with Gasteiger partial charge in [-0.2, -0.15) is 0 Å². The molecule has 0 saturated heterocycles. The van der Waals surface area contributed by atoms with E-state index >= 15 is 0 Å². The van der Waals surface area contributed by atoms with Crippen LogP contribution in [0.4, 0.5) is 0 Å². The Morgan fingerprint density at radius 1 is 1.11 bits per heavy atom. The van der Waals surface area contributed by atoms with Crippen LogP contribution < -0.4 is 0 Å². The van der Waals surface area contributed by atoms with Gasteiger partial charge in [0.25, 0.3) is 0 Å². The first kappa shape index (κ1) is 19.4. The van der Waals surface area contributed by atoms with Gasteiger partial charge in [0.15, 0.2) is 0 Å². The summed E-state index contributed by atoms with van der Waals surface area (Å²) in [5, 5.41) is 8.63. The summed E-state index contributed by atoms with van der Waals surface area (Å²) in [5.74, 6) is -0.303. The Hall–Kier alpha value is -2.40. The molecule has 3 rings (SSSR count). The lowest BCUT2D eigenvalue weighted by Gasteiger charge is -2.05. The predicted octanol–water partition coefficient (Wildman–Crippen LogP) is 6.32. The van der Waals surface area contributed by atoms with Crippen molar-refractivity contribution in [3.8, 4) is 5.00 Å². The molecule has 0 fully saturated rings. The number of oxime groups is 1. The molecule has 0 atom stereocenters. The van der Waals surface area contributed by atoms with E-state index in [4.69, 9.17) is 4.84 Å². The molecule has 2 aromatic heterocycles. The number of rotatable bonds is 9. The van der Waals surface area contributed by atoms with E-state index in [1.54, 1.807) is 18.3 Å². The van der Waals surface area contributed by atoms with Crippen LogP contribution in [0.3, 0.4) is 0 Å². The van der Waals surface area contributed by atoms with Crippen LogP contribution in [0.2, 0.25) is 0 Å². The minimum Gasteiger partial charge on any atom is -0.318 e. The summed E-state index contributed by atoms with van der Waals surface area (Å²) in [7, 11) is 0. The fourth-order valence-electron chi connectivity index (χ4n) is 3.12. The molecule has 4 nitrogen and oxygen atoms in total. The number of aromatic nitrogens is 1. The lowest BCUT2D eigenvalue weighted by Crippen LogP contribution is -2.05. The number of thiophene rings is 1. The molecule has 1 aromatic carbocycles. The first-order chi connectivity index (χ1) is 13.2. The third-order valence-corrected chi connectivity index (χ3v) is 5.45. The van der Waals surface area contributed by atoms with Gasteiger partial charge in [0.05, 0.1) is 16.2 Å². The maximum atomic E-state index is 11.6. The van der Waals surface area contributed by atoms with Gasteiger partial charge in [0.2, 0.25) is 0 Å². The number of fused-ring (bicyclic) bond motifs is 1. The standard InChI is InChI=1S/C22H26N2O2S/c1-3-5-6-7-12-19(23-26-22(25)4-2)18-16-24(21-14-10-15-27-21)20-13-9-8-11-17(18)20/h8-11,13-16H,3-7,12H2,1-2H3/b23-19+. The second-order valence-corrected chi connectivity index (χ2v) is 7.47. The average Bonchev–Trinajstić information content (AvgIpc) is 3.35. The normalized spacial score (nSPS) is 11.9. The van der Waals surface area contributed by atoms with Crippen molar-refractivity contribution in [1.29, 1.82) is 0 Å². The van der Waals surface area contributed by atoms with E-state index in [0.29, 0.717) is 6.42 Å². The molecular weight excluding hydrogens is 356 g/mol. The van der Waals surface area contributed by atoms with Crippen molar-refractivity contribution in [3.05, 3.63) is 53.5 Å². The first-order valence-corrected chi connectivity index (χ1v) is 10.5. The van der Waals surface area contributed by atoms with Crippen molar-refractivity contribution >= 4 is 33.9 Å². The Morgan fingerprint density at radius 2 is 1.96 bits per heavy atom. The molecule has 27 heavy (non-hydrogen) atoms. The minimum atomic E-state index is -0.303. The Bertz CT molecular complexity index is 910. The van der Waals surface area contributed by atoms with Gasteiger partial charge < -0.3 is 9.40 Å². The number of carbonyl (C=O) groups is 1. The van der Waals surface area contributed by atoms with Crippen LogP contribution in [0.1, 0.15) is 57.9 Å².